The highest BCUT2D eigenvalue weighted by atomic mass is 14.9. The topological polar surface area (TPSA) is 12.0 Å². The molecule has 0 saturated heterocycles. The third kappa shape index (κ3) is 3.15. The van der Waals surface area contributed by atoms with E-state index in [9.17, 15) is 0 Å². The van der Waals surface area contributed by atoms with E-state index in [0.717, 1.165) is 6.54 Å². The Balaban J connectivity index is 2.27. The molecular formula is C12H23N. The Bertz CT molecular complexity index is 166. The molecule has 1 heteroatoms. The summed E-state index contributed by atoms with van der Waals surface area (Å²) >= 11 is 0. The van der Waals surface area contributed by atoms with Crippen molar-refractivity contribution in [3.63, 3.8) is 0 Å². The average molecular weight is 181 g/mol. The van der Waals surface area contributed by atoms with Gasteiger partial charge in [-0.05, 0) is 31.6 Å². The summed E-state index contributed by atoms with van der Waals surface area (Å²) in [5.41, 5.74) is 1.86. The predicted molar refractivity (Wildman–Crippen MR) is 58.9 cm³/mol. The summed E-state index contributed by atoms with van der Waals surface area (Å²) in [6.45, 7) is 10.5. The standard InChI is InChI=1S/C12H23N/c1-4-12(7-5-6-8-12)10-13-9-11(2)3/h13H,2,4-10H2,1,3H3. The molecule has 1 rings (SSSR count). The van der Waals surface area contributed by atoms with Crippen LogP contribution in [0.1, 0.15) is 46.0 Å². The molecule has 0 spiro atoms. The molecule has 0 aromatic heterocycles. The molecule has 0 bridgehead atoms. The smallest absolute Gasteiger partial charge is 0.0159 e. The van der Waals surface area contributed by atoms with Crippen molar-refractivity contribution < 1.29 is 0 Å². The van der Waals surface area contributed by atoms with Gasteiger partial charge in [0.1, 0.15) is 0 Å². The lowest BCUT2D eigenvalue weighted by Crippen LogP contribution is -2.32. The zero-order valence-electron chi connectivity index (χ0n) is 9.16. The molecule has 0 heterocycles. The third-order valence-corrected chi connectivity index (χ3v) is 3.34. The van der Waals surface area contributed by atoms with E-state index in [2.05, 4.69) is 25.7 Å². The Hall–Kier alpha value is -0.300. The fourth-order valence-electron chi connectivity index (χ4n) is 2.32. The molecule has 1 N–H and O–H groups in total. The molecule has 1 saturated carbocycles. The van der Waals surface area contributed by atoms with E-state index in [4.69, 9.17) is 0 Å². The largest absolute Gasteiger partial charge is 0.312 e. The Morgan fingerprint density at radius 1 is 1.38 bits per heavy atom. The summed E-state index contributed by atoms with van der Waals surface area (Å²) in [5.74, 6) is 0. The van der Waals surface area contributed by atoms with Crippen LogP contribution in [0.3, 0.4) is 0 Å². The minimum absolute atomic E-state index is 0.620. The molecule has 76 valence electrons. The molecule has 0 aromatic carbocycles. The highest BCUT2D eigenvalue weighted by molar-refractivity contribution is 4.93. The molecule has 0 aromatic rings. The van der Waals surface area contributed by atoms with Gasteiger partial charge in [0.05, 0.1) is 0 Å². The Kier molecular flexibility index (Phi) is 3.98. The van der Waals surface area contributed by atoms with Crippen LogP contribution in [0.2, 0.25) is 0 Å². The van der Waals surface area contributed by atoms with Crippen LogP contribution in [0.15, 0.2) is 12.2 Å². The lowest BCUT2D eigenvalue weighted by Gasteiger charge is -2.27. The summed E-state index contributed by atoms with van der Waals surface area (Å²) in [4.78, 5) is 0. The van der Waals surface area contributed by atoms with Crippen molar-refractivity contribution in [3.05, 3.63) is 12.2 Å². The van der Waals surface area contributed by atoms with Gasteiger partial charge in [-0.3, -0.25) is 0 Å². The van der Waals surface area contributed by atoms with Crippen LogP contribution in [0.25, 0.3) is 0 Å². The first-order valence-electron chi connectivity index (χ1n) is 5.54. The second kappa shape index (κ2) is 4.80. The minimum atomic E-state index is 0.620. The second-order valence-electron chi connectivity index (χ2n) is 4.62. The minimum Gasteiger partial charge on any atom is -0.312 e. The molecule has 1 aliphatic rings. The van der Waals surface area contributed by atoms with E-state index in [1.807, 2.05) is 0 Å². The van der Waals surface area contributed by atoms with Crippen molar-refractivity contribution in [2.45, 2.75) is 46.0 Å². The summed E-state index contributed by atoms with van der Waals surface area (Å²) in [5, 5.41) is 3.52. The van der Waals surface area contributed by atoms with Crippen LogP contribution in [-0.4, -0.2) is 13.1 Å². The molecule has 0 radical (unpaired) electrons. The highest BCUT2D eigenvalue weighted by Crippen LogP contribution is 2.40. The van der Waals surface area contributed by atoms with Crippen molar-refractivity contribution in [3.8, 4) is 0 Å². The van der Waals surface area contributed by atoms with Gasteiger partial charge < -0.3 is 5.32 Å². The number of hydrogen-bond donors (Lipinski definition) is 1. The maximum absolute atomic E-state index is 3.91. The van der Waals surface area contributed by atoms with Gasteiger partial charge in [0.2, 0.25) is 0 Å². The molecule has 0 aliphatic heterocycles. The van der Waals surface area contributed by atoms with Crippen LogP contribution < -0.4 is 5.32 Å². The summed E-state index contributed by atoms with van der Waals surface area (Å²) in [6, 6.07) is 0. The zero-order valence-corrected chi connectivity index (χ0v) is 9.16. The maximum atomic E-state index is 3.91. The normalized spacial score (nSPS) is 20.5. The van der Waals surface area contributed by atoms with Gasteiger partial charge in [0.15, 0.2) is 0 Å². The van der Waals surface area contributed by atoms with Gasteiger partial charge in [-0.1, -0.05) is 31.9 Å². The van der Waals surface area contributed by atoms with E-state index >= 15 is 0 Å². The van der Waals surface area contributed by atoms with Crippen LogP contribution in [0, 0.1) is 5.41 Å². The molecule has 0 atom stereocenters. The molecular weight excluding hydrogens is 158 g/mol. The van der Waals surface area contributed by atoms with Crippen LogP contribution in [-0.2, 0) is 0 Å². The van der Waals surface area contributed by atoms with Gasteiger partial charge in [0.25, 0.3) is 0 Å². The van der Waals surface area contributed by atoms with Crippen molar-refractivity contribution in [2.24, 2.45) is 5.41 Å². The molecule has 1 fully saturated rings. The van der Waals surface area contributed by atoms with Gasteiger partial charge >= 0.3 is 0 Å². The van der Waals surface area contributed by atoms with Crippen molar-refractivity contribution in [2.75, 3.05) is 13.1 Å². The van der Waals surface area contributed by atoms with Gasteiger partial charge in [-0.15, -0.1) is 0 Å². The predicted octanol–water partition coefficient (Wildman–Crippen LogP) is 3.12. The lowest BCUT2D eigenvalue weighted by molar-refractivity contribution is 0.272. The molecule has 1 nitrogen and oxygen atoms in total. The average Bonchev–Trinajstić information content (AvgIpc) is 2.53. The third-order valence-electron chi connectivity index (χ3n) is 3.34. The lowest BCUT2D eigenvalue weighted by atomic mass is 9.83. The van der Waals surface area contributed by atoms with E-state index in [1.54, 1.807) is 0 Å². The first kappa shape index (κ1) is 10.8. The van der Waals surface area contributed by atoms with Crippen LogP contribution in [0.4, 0.5) is 0 Å². The van der Waals surface area contributed by atoms with Gasteiger partial charge in [-0.2, -0.15) is 0 Å². The fourth-order valence-corrected chi connectivity index (χ4v) is 2.32. The van der Waals surface area contributed by atoms with Crippen molar-refractivity contribution in [1.82, 2.24) is 5.32 Å². The monoisotopic (exact) mass is 181 g/mol. The van der Waals surface area contributed by atoms with Crippen LogP contribution in [0.5, 0.6) is 0 Å². The molecule has 1 aliphatic carbocycles. The second-order valence-corrected chi connectivity index (χ2v) is 4.62. The van der Waals surface area contributed by atoms with E-state index in [-0.39, 0.29) is 0 Å². The summed E-state index contributed by atoms with van der Waals surface area (Å²) < 4.78 is 0. The van der Waals surface area contributed by atoms with Crippen molar-refractivity contribution >= 4 is 0 Å². The Morgan fingerprint density at radius 3 is 2.46 bits per heavy atom. The Labute approximate surface area is 82.6 Å². The van der Waals surface area contributed by atoms with E-state index in [0.29, 0.717) is 5.41 Å². The quantitative estimate of drug-likeness (QED) is 0.643. The first-order valence-corrected chi connectivity index (χ1v) is 5.54. The van der Waals surface area contributed by atoms with E-state index < -0.39 is 0 Å². The fraction of sp³-hybridized carbons (Fsp3) is 0.833. The number of nitrogens with one attached hydrogen (secondary N) is 1. The summed E-state index contributed by atoms with van der Waals surface area (Å²) in [6.07, 6.45) is 7.04. The number of rotatable bonds is 5. The molecule has 13 heavy (non-hydrogen) atoms. The summed E-state index contributed by atoms with van der Waals surface area (Å²) in [7, 11) is 0. The first-order chi connectivity index (χ1) is 6.18. The van der Waals surface area contributed by atoms with Crippen LogP contribution >= 0.6 is 0 Å². The van der Waals surface area contributed by atoms with Crippen molar-refractivity contribution in [1.29, 1.82) is 0 Å². The molecule has 0 amide bonds. The molecule has 0 unspecified atom stereocenters. The zero-order chi connectivity index (χ0) is 9.73. The van der Waals surface area contributed by atoms with Gasteiger partial charge in [0, 0.05) is 13.1 Å². The SMILES string of the molecule is C=C(C)CNCC1(CC)CCCC1. The maximum Gasteiger partial charge on any atom is 0.0159 e. The van der Waals surface area contributed by atoms with Gasteiger partial charge in [-0.25, -0.2) is 0 Å². The van der Waals surface area contributed by atoms with E-state index in [1.165, 1.54) is 44.2 Å². The number of hydrogen-bond acceptors (Lipinski definition) is 1. The highest BCUT2D eigenvalue weighted by Gasteiger charge is 2.31. The Morgan fingerprint density at radius 2 is 2.00 bits per heavy atom.